The van der Waals surface area contributed by atoms with E-state index >= 15 is 0 Å². The molecular weight excluding hydrogens is 351 g/mol. The molecule has 1 aromatic heterocycles. The van der Waals surface area contributed by atoms with Crippen LogP contribution >= 0.6 is 0 Å². The number of aryl methyl sites for hydroxylation is 1. The maximum atomic E-state index is 13.2. The van der Waals surface area contributed by atoms with Gasteiger partial charge in [-0.1, -0.05) is 0 Å². The monoisotopic (exact) mass is 370 g/mol. The van der Waals surface area contributed by atoms with Crippen molar-refractivity contribution in [2.24, 2.45) is 0 Å². The lowest BCUT2D eigenvalue weighted by molar-refractivity contribution is -0.116. The molecule has 27 heavy (non-hydrogen) atoms. The molecule has 0 spiro atoms. The van der Waals surface area contributed by atoms with E-state index in [0.29, 0.717) is 33.7 Å². The number of aromatic nitrogens is 1. The predicted molar refractivity (Wildman–Crippen MR) is 101 cm³/mol. The predicted octanol–water partition coefficient (Wildman–Crippen LogP) is 3.26. The summed E-state index contributed by atoms with van der Waals surface area (Å²) < 4.78 is 23.6. The largest absolute Gasteiger partial charge is 0.493 e. The van der Waals surface area contributed by atoms with Crippen molar-refractivity contribution in [1.29, 1.82) is 0 Å². The maximum absolute atomic E-state index is 13.2. The highest BCUT2D eigenvalue weighted by Gasteiger charge is 2.10. The van der Waals surface area contributed by atoms with Crippen LogP contribution in [0.25, 0.3) is 10.9 Å². The average molecular weight is 370 g/mol. The fourth-order valence-corrected chi connectivity index (χ4v) is 2.79. The Morgan fingerprint density at radius 2 is 1.85 bits per heavy atom. The zero-order valence-corrected chi connectivity index (χ0v) is 15.0. The number of pyridine rings is 1. The van der Waals surface area contributed by atoms with Gasteiger partial charge in [-0.25, -0.2) is 4.39 Å². The summed E-state index contributed by atoms with van der Waals surface area (Å²) in [4.78, 5) is 27.0. The SMILES string of the molecule is COc1ccc(NC(=O)CCc2cc3ccc(F)cc3[nH]c2=O)cc1OC. The summed E-state index contributed by atoms with van der Waals surface area (Å²) >= 11 is 0. The lowest BCUT2D eigenvalue weighted by Gasteiger charge is -2.10. The number of fused-ring (bicyclic) bond motifs is 1. The minimum absolute atomic E-state index is 0.129. The maximum Gasteiger partial charge on any atom is 0.251 e. The van der Waals surface area contributed by atoms with E-state index in [1.54, 1.807) is 30.3 Å². The van der Waals surface area contributed by atoms with E-state index in [1.165, 1.54) is 26.4 Å². The van der Waals surface area contributed by atoms with E-state index in [4.69, 9.17) is 9.47 Å². The number of methoxy groups -OCH3 is 2. The van der Waals surface area contributed by atoms with Crippen molar-refractivity contribution < 1.29 is 18.7 Å². The molecule has 1 amide bonds. The summed E-state index contributed by atoms with van der Waals surface area (Å²) in [7, 11) is 3.05. The van der Waals surface area contributed by atoms with Crippen LogP contribution in [0.1, 0.15) is 12.0 Å². The molecular formula is C20H19FN2O4. The Morgan fingerprint density at radius 3 is 2.59 bits per heavy atom. The zero-order valence-electron chi connectivity index (χ0n) is 15.0. The van der Waals surface area contributed by atoms with Gasteiger partial charge in [0.2, 0.25) is 5.91 Å². The van der Waals surface area contributed by atoms with Crippen LogP contribution in [-0.4, -0.2) is 25.1 Å². The molecule has 0 atom stereocenters. The molecule has 0 unspecified atom stereocenters. The first-order chi connectivity index (χ1) is 13.0. The van der Waals surface area contributed by atoms with Crippen LogP contribution in [0.5, 0.6) is 11.5 Å². The Balaban J connectivity index is 1.69. The molecule has 0 aliphatic rings. The normalized spacial score (nSPS) is 10.6. The van der Waals surface area contributed by atoms with Crippen molar-refractivity contribution in [2.75, 3.05) is 19.5 Å². The van der Waals surface area contributed by atoms with Crippen LogP contribution in [0.3, 0.4) is 0 Å². The Labute approximate surface area is 154 Å². The van der Waals surface area contributed by atoms with Gasteiger partial charge < -0.3 is 19.8 Å². The topological polar surface area (TPSA) is 80.4 Å². The molecule has 0 radical (unpaired) electrons. The number of anilines is 1. The molecule has 3 rings (SSSR count). The van der Waals surface area contributed by atoms with Crippen LogP contribution in [0.4, 0.5) is 10.1 Å². The van der Waals surface area contributed by atoms with Crippen LogP contribution in [-0.2, 0) is 11.2 Å². The molecule has 2 N–H and O–H groups in total. The van der Waals surface area contributed by atoms with Crippen molar-refractivity contribution in [3.8, 4) is 11.5 Å². The van der Waals surface area contributed by atoms with Crippen LogP contribution < -0.4 is 20.3 Å². The number of hydrogen-bond donors (Lipinski definition) is 2. The number of halogens is 1. The summed E-state index contributed by atoms with van der Waals surface area (Å²) in [6.45, 7) is 0. The molecule has 0 saturated carbocycles. The number of hydrogen-bond acceptors (Lipinski definition) is 4. The third-order valence-corrected chi connectivity index (χ3v) is 4.17. The Hall–Kier alpha value is -3.35. The number of carbonyl (C=O) groups is 1. The van der Waals surface area contributed by atoms with Crippen molar-refractivity contribution in [2.45, 2.75) is 12.8 Å². The molecule has 7 heteroatoms. The van der Waals surface area contributed by atoms with Gasteiger partial charge in [-0.3, -0.25) is 9.59 Å². The third-order valence-electron chi connectivity index (χ3n) is 4.17. The minimum Gasteiger partial charge on any atom is -0.493 e. The second kappa shape index (κ2) is 7.90. The van der Waals surface area contributed by atoms with Crippen LogP contribution in [0.2, 0.25) is 0 Å². The third kappa shape index (κ3) is 4.25. The van der Waals surface area contributed by atoms with E-state index in [9.17, 15) is 14.0 Å². The second-order valence-electron chi connectivity index (χ2n) is 5.97. The molecule has 2 aromatic carbocycles. The molecule has 140 valence electrons. The minimum atomic E-state index is -0.416. The van der Waals surface area contributed by atoms with Gasteiger partial charge >= 0.3 is 0 Å². The van der Waals surface area contributed by atoms with Crippen LogP contribution in [0.15, 0.2) is 47.3 Å². The lowest BCUT2D eigenvalue weighted by Crippen LogP contribution is -2.17. The first-order valence-electron chi connectivity index (χ1n) is 8.33. The number of ether oxygens (including phenoxy) is 2. The number of carbonyl (C=O) groups excluding carboxylic acids is 1. The first kappa shape index (κ1) is 18.4. The van der Waals surface area contributed by atoms with E-state index < -0.39 is 5.82 Å². The number of aromatic amines is 1. The van der Waals surface area contributed by atoms with Crippen molar-refractivity contribution in [1.82, 2.24) is 4.98 Å². The standard InChI is InChI=1S/C20H19FN2O4/c1-26-17-7-6-15(11-18(17)27-2)22-19(24)8-4-13-9-12-3-5-14(21)10-16(12)23-20(13)25/h3,5-7,9-11H,4,8H2,1-2H3,(H,22,24)(H,23,25). The van der Waals surface area contributed by atoms with Gasteiger partial charge in [0.1, 0.15) is 5.82 Å². The fraction of sp³-hybridized carbons (Fsp3) is 0.200. The number of H-pyrrole nitrogens is 1. The molecule has 0 aliphatic heterocycles. The summed E-state index contributed by atoms with van der Waals surface area (Å²) in [6, 6.07) is 10.9. The first-order valence-corrected chi connectivity index (χ1v) is 8.33. The Kier molecular flexibility index (Phi) is 5.40. The molecule has 0 fully saturated rings. The van der Waals surface area contributed by atoms with Gasteiger partial charge in [-0.2, -0.15) is 0 Å². The van der Waals surface area contributed by atoms with Crippen LogP contribution in [0, 0.1) is 5.82 Å². The number of benzene rings is 2. The highest BCUT2D eigenvalue weighted by atomic mass is 19.1. The second-order valence-corrected chi connectivity index (χ2v) is 5.97. The van der Waals surface area contributed by atoms with E-state index in [0.717, 1.165) is 0 Å². The van der Waals surface area contributed by atoms with Crippen molar-refractivity contribution in [3.63, 3.8) is 0 Å². The zero-order chi connectivity index (χ0) is 19.4. The van der Waals surface area contributed by atoms with Gasteiger partial charge in [0, 0.05) is 23.7 Å². The fourth-order valence-electron chi connectivity index (χ4n) is 2.79. The number of amides is 1. The highest BCUT2D eigenvalue weighted by Crippen LogP contribution is 2.29. The molecule has 3 aromatic rings. The molecule has 6 nitrogen and oxygen atoms in total. The van der Waals surface area contributed by atoms with Gasteiger partial charge in [0.15, 0.2) is 11.5 Å². The Morgan fingerprint density at radius 1 is 1.07 bits per heavy atom. The lowest BCUT2D eigenvalue weighted by atomic mass is 10.1. The average Bonchev–Trinajstić information content (AvgIpc) is 2.66. The number of rotatable bonds is 6. The highest BCUT2D eigenvalue weighted by molar-refractivity contribution is 5.91. The quantitative estimate of drug-likeness (QED) is 0.698. The molecule has 0 saturated heterocycles. The van der Waals surface area contributed by atoms with E-state index in [1.807, 2.05) is 0 Å². The Bertz CT molecular complexity index is 1050. The molecule has 0 aliphatic carbocycles. The van der Waals surface area contributed by atoms with Gasteiger partial charge in [0.05, 0.1) is 19.7 Å². The van der Waals surface area contributed by atoms with Gasteiger partial charge in [-0.15, -0.1) is 0 Å². The van der Waals surface area contributed by atoms with Gasteiger partial charge in [-0.05, 0) is 48.2 Å². The van der Waals surface area contributed by atoms with Crippen molar-refractivity contribution >= 4 is 22.5 Å². The summed E-state index contributed by atoms with van der Waals surface area (Å²) in [6.07, 6.45) is 0.395. The van der Waals surface area contributed by atoms with Crippen molar-refractivity contribution in [3.05, 3.63) is 64.2 Å². The molecule has 0 bridgehead atoms. The van der Waals surface area contributed by atoms with E-state index in [-0.39, 0.29) is 24.3 Å². The molecule has 1 heterocycles. The summed E-state index contributed by atoms with van der Waals surface area (Å²) in [5, 5.41) is 3.48. The van der Waals surface area contributed by atoms with Gasteiger partial charge in [0.25, 0.3) is 5.56 Å². The van der Waals surface area contributed by atoms with E-state index in [2.05, 4.69) is 10.3 Å². The summed E-state index contributed by atoms with van der Waals surface area (Å²) in [5.41, 5.74) is 1.14. The smallest absolute Gasteiger partial charge is 0.251 e. The number of nitrogens with one attached hydrogen (secondary N) is 2. The summed E-state index contributed by atoms with van der Waals surface area (Å²) in [5.74, 6) is 0.421.